The summed E-state index contributed by atoms with van der Waals surface area (Å²) < 4.78 is 6.03. The highest BCUT2D eigenvalue weighted by Gasteiger charge is 2.05. The molecule has 0 aromatic heterocycles. The normalized spacial score (nSPS) is 13.0. The van der Waals surface area contributed by atoms with E-state index in [1.165, 1.54) is 16.3 Å². The van der Waals surface area contributed by atoms with Crippen molar-refractivity contribution in [3.8, 4) is 0 Å². The van der Waals surface area contributed by atoms with Crippen molar-refractivity contribution in [3.63, 3.8) is 0 Å². The fourth-order valence-corrected chi connectivity index (χ4v) is 2.98. The fraction of sp³-hybridized carbons (Fsp3) is 0.250. The Balaban J connectivity index is 1.91. The van der Waals surface area contributed by atoms with Crippen LogP contribution in [0.2, 0.25) is 0 Å². The molecule has 0 bridgehead atoms. The molecule has 0 spiro atoms. The zero-order valence-corrected chi connectivity index (χ0v) is 12.5. The van der Waals surface area contributed by atoms with Gasteiger partial charge in [-0.1, -0.05) is 61.5 Å². The fourth-order valence-electron chi connectivity index (χ4n) is 1.91. The number of hydrogen-bond acceptors (Lipinski definition) is 1. The van der Waals surface area contributed by atoms with Gasteiger partial charge in [0.2, 0.25) is 0 Å². The van der Waals surface area contributed by atoms with Gasteiger partial charge in [0.1, 0.15) is 0 Å². The highest BCUT2D eigenvalue weighted by Crippen LogP contribution is 2.14. The van der Waals surface area contributed by atoms with Crippen molar-refractivity contribution in [1.29, 1.82) is 0 Å². The predicted molar refractivity (Wildman–Crippen MR) is 79.9 cm³/mol. The lowest BCUT2D eigenvalue weighted by Gasteiger charge is -2.13. The molecular formula is C16H20OSi. The maximum Gasteiger partial charge on any atom is 0.193 e. The third-order valence-corrected chi connectivity index (χ3v) is 4.67. The Morgan fingerprint density at radius 1 is 1.00 bits per heavy atom. The first-order valence-electron chi connectivity index (χ1n) is 6.54. The summed E-state index contributed by atoms with van der Waals surface area (Å²) in [7, 11) is -0.626. The first kappa shape index (κ1) is 13.1. The summed E-state index contributed by atoms with van der Waals surface area (Å²) >= 11 is 0. The van der Waals surface area contributed by atoms with Gasteiger partial charge in [0.25, 0.3) is 0 Å². The average Bonchev–Trinajstić information content (AvgIpc) is 2.46. The zero-order chi connectivity index (χ0) is 12.8. The Hall–Kier alpha value is -1.38. The molecule has 0 aliphatic rings. The number of rotatable bonds is 5. The van der Waals surface area contributed by atoms with Crippen LogP contribution in [0.15, 0.2) is 54.6 Å². The highest BCUT2D eigenvalue weighted by molar-refractivity contribution is 6.46. The molecule has 1 atom stereocenters. The quantitative estimate of drug-likeness (QED) is 0.748. The summed E-state index contributed by atoms with van der Waals surface area (Å²) in [4.78, 5) is 0. The lowest BCUT2D eigenvalue weighted by Crippen LogP contribution is -2.19. The minimum absolute atomic E-state index is 0.198. The van der Waals surface area contributed by atoms with Crippen LogP contribution in [0.3, 0.4) is 0 Å². The lowest BCUT2D eigenvalue weighted by atomic mass is 10.1. The zero-order valence-electron chi connectivity index (χ0n) is 11.1. The minimum Gasteiger partial charge on any atom is -0.412 e. The van der Waals surface area contributed by atoms with E-state index in [-0.39, 0.29) is 6.10 Å². The van der Waals surface area contributed by atoms with Crippen molar-refractivity contribution in [2.75, 3.05) is 0 Å². The van der Waals surface area contributed by atoms with Gasteiger partial charge in [0, 0.05) is 0 Å². The molecule has 0 saturated carbocycles. The van der Waals surface area contributed by atoms with Gasteiger partial charge in [0.15, 0.2) is 9.76 Å². The summed E-state index contributed by atoms with van der Waals surface area (Å²) in [6.45, 7) is 4.31. The third kappa shape index (κ3) is 3.55. The monoisotopic (exact) mass is 256 g/mol. The molecule has 0 heterocycles. The first-order chi connectivity index (χ1) is 8.79. The number of benzene rings is 2. The van der Waals surface area contributed by atoms with Gasteiger partial charge in [-0.05, 0) is 29.7 Å². The molecule has 2 rings (SSSR count). The van der Waals surface area contributed by atoms with Crippen molar-refractivity contribution >= 4 is 14.9 Å². The van der Waals surface area contributed by atoms with E-state index in [9.17, 15) is 0 Å². The number of hydrogen-bond donors (Lipinski definition) is 0. The Kier molecular flexibility index (Phi) is 4.73. The van der Waals surface area contributed by atoms with Gasteiger partial charge in [-0.25, -0.2) is 0 Å². The smallest absolute Gasteiger partial charge is 0.193 e. The van der Waals surface area contributed by atoms with E-state index in [4.69, 9.17) is 4.43 Å². The molecule has 1 unspecified atom stereocenters. The molecule has 0 amide bonds. The van der Waals surface area contributed by atoms with Gasteiger partial charge in [-0.15, -0.1) is 0 Å². The maximum absolute atomic E-state index is 6.03. The van der Waals surface area contributed by atoms with Crippen LogP contribution in [0.1, 0.15) is 31.1 Å². The van der Waals surface area contributed by atoms with Crippen molar-refractivity contribution < 1.29 is 4.43 Å². The van der Waals surface area contributed by atoms with E-state index < -0.39 is 9.76 Å². The van der Waals surface area contributed by atoms with Gasteiger partial charge >= 0.3 is 0 Å². The molecule has 94 valence electrons. The number of aryl methyl sites for hydroxylation is 1. The van der Waals surface area contributed by atoms with Crippen LogP contribution in [0, 0.1) is 0 Å². The van der Waals surface area contributed by atoms with Crippen molar-refractivity contribution in [2.45, 2.75) is 26.4 Å². The van der Waals surface area contributed by atoms with Crippen LogP contribution in [0.5, 0.6) is 0 Å². The largest absolute Gasteiger partial charge is 0.412 e. The molecule has 0 aliphatic carbocycles. The second-order valence-electron chi connectivity index (χ2n) is 4.53. The molecule has 2 aromatic rings. The second-order valence-corrected chi connectivity index (χ2v) is 5.97. The molecule has 0 aliphatic heterocycles. The Labute approximate surface area is 112 Å². The molecule has 0 radical (unpaired) electrons. The van der Waals surface area contributed by atoms with Crippen LogP contribution in [-0.2, 0) is 10.8 Å². The first-order valence-corrected chi connectivity index (χ1v) is 7.82. The van der Waals surface area contributed by atoms with Crippen LogP contribution in [0.25, 0.3) is 0 Å². The van der Waals surface area contributed by atoms with Crippen molar-refractivity contribution in [3.05, 3.63) is 65.7 Å². The molecule has 2 heteroatoms. The van der Waals surface area contributed by atoms with E-state index in [2.05, 4.69) is 62.4 Å². The summed E-state index contributed by atoms with van der Waals surface area (Å²) in [5.41, 5.74) is 2.65. The van der Waals surface area contributed by atoms with E-state index in [0.717, 1.165) is 6.42 Å². The molecular weight excluding hydrogens is 236 g/mol. The Morgan fingerprint density at radius 2 is 1.67 bits per heavy atom. The second kappa shape index (κ2) is 6.52. The van der Waals surface area contributed by atoms with Crippen molar-refractivity contribution in [2.24, 2.45) is 0 Å². The maximum atomic E-state index is 6.03. The van der Waals surface area contributed by atoms with Crippen LogP contribution >= 0.6 is 0 Å². The summed E-state index contributed by atoms with van der Waals surface area (Å²) in [6, 6.07) is 19.2. The highest BCUT2D eigenvalue weighted by atomic mass is 28.2. The van der Waals surface area contributed by atoms with Gasteiger partial charge < -0.3 is 4.43 Å². The molecule has 0 fully saturated rings. The average molecular weight is 256 g/mol. The van der Waals surface area contributed by atoms with Crippen LogP contribution in [-0.4, -0.2) is 9.76 Å². The minimum atomic E-state index is -0.626. The van der Waals surface area contributed by atoms with E-state index in [1.807, 2.05) is 6.07 Å². The molecule has 18 heavy (non-hydrogen) atoms. The summed E-state index contributed by atoms with van der Waals surface area (Å²) in [6.07, 6.45) is 1.30. The standard InChI is InChI=1S/C16H20OSi/c1-3-14-9-11-16(12-10-14)18-17-13(2)15-7-5-4-6-8-15/h4-13H,3,18H2,1-2H3. The predicted octanol–water partition coefficient (Wildman–Crippen LogP) is 2.74. The van der Waals surface area contributed by atoms with E-state index in [0.29, 0.717) is 0 Å². The van der Waals surface area contributed by atoms with E-state index in [1.54, 1.807) is 0 Å². The van der Waals surface area contributed by atoms with Gasteiger partial charge in [-0.3, -0.25) is 0 Å². The molecule has 0 saturated heterocycles. The topological polar surface area (TPSA) is 9.23 Å². The Morgan fingerprint density at radius 3 is 2.28 bits per heavy atom. The summed E-state index contributed by atoms with van der Waals surface area (Å²) in [5, 5.41) is 1.37. The molecule has 2 aromatic carbocycles. The Bertz CT molecular complexity index is 464. The lowest BCUT2D eigenvalue weighted by molar-refractivity contribution is 0.244. The van der Waals surface area contributed by atoms with Gasteiger partial charge in [0.05, 0.1) is 6.10 Å². The molecule has 0 N–H and O–H groups in total. The van der Waals surface area contributed by atoms with Crippen LogP contribution < -0.4 is 5.19 Å². The van der Waals surface area contributed by atoms with Crippen molar-refractivity contribution in [1.82, 2.24) is 0 Å². The van der Waals surface area contributed by atoms with Crippen LogP contribution in [0.4, 0.5) is 0 Å². The summed E-state index contributed by atoms with van der Waals surface area (Å²) in [5.74, 6) is 0. The SMILES string of the molecule is CCc1ccc([SiH2]OC(C)c2ccccc2)cc1. The van der Waals surface area contributed by atoms with Gasteiger partial charge in [-0.2, -0.15) is 0 Å². The molecule has 1 nitrogen and oxygen atoms in total. The van der Waals surface area contributed by atoms with E-state index >= 15 is 0 Å². The third-order valence-electron chi connectivity index (χ3n) is 3.20.